The number of aromatic nitrogens is 4. The molecule has 5 nitrogen and oxygen atoms in total. The predicted octanol–water partition coefficient (Wildman–Crippen LogP) is 2.19. The topological polar surface area (TPSA) is 63.0 Å². The highest BCUT2D eigenvalue weighted by molar-refractivity contribution is 7.99. The highest BCUT2D eigenvalue weighted by Crippen LogP contribution is 2.29. The minimum atomic E-state index is -0.321. The van der Waals surface area contributed by atoms with Gasteiger partial charge in [0.15, 0.2) is 5.65 Å². The van der Waals surface area contributed by atoms with Crippen molar-refractivity contribution in [3.63, 3.8) is 0 Å². The van der Waals surface area contributed by atoms with E-state index in [4.69, 9.17) is 0 Å². The van der Waals surface area contributed by atoms with Gasteiger partial charge in [-0.3, -0.25) is 0 Å². The van der Waals surface area contributed by atoms with Gasteiger partial charge >= 0.3 is 5.69 Å². The molecule has 6 heteroatoms. The largest absolute Gasteiger partial charge is 0.364 e. The number of benzene rings is 1. The molecule has 2 heterocycles. The van der Waals surface area contributed by atoms with E-state index >= 15 is 0 Å². The highest BCUT2D eigenvalue weighted by atomic mass is 32.2. The van der Waals surface area contributed by atoms with Crippen LogP contribution >= 0.6 is 11.8 Å². The summed E-state index contributed by atoms with van der Waals surface area (Å²) in [5.74, 6) is 0. The molecule has 2 aromatic heterocycles. The fourth-order valence-corrected chi connectivity index (χ4v) is 2.71. The summed E-state index contributed by atoms with van der Waals surface area (Å²) in [4.78, 5) is 12.6. The molecule has 0 radical (unpaired) electrons. The normalized spacial score (nSPS) is 11.1. The van der Waals surface area contributed by atoms with Gasteiger partial charge in [0, 0.05) is 4.90 Å². The Bertz CT molecular complexity index is 806. The first-order chi connectivity index (χ1) is 9.13. The fourth-order valence-electron chi connectivity index (χ4n) is 1.87. The van der Waals surface area contributed by atoms with E-state index in [-0.39, 0.29) is 5.69 Å². The van der Waals surface area contributed by atoms with Crippen LogP contribution in [0.4, 0.5) is 0 Å². The third-order valence-electron chi connectivity index (χ3n) is 2.79. The van der Waals surface area contributed by atoms with Crippen molar-refractivity contribution in [3.8, 4) is 0 Å². The number of fused-ring (bicyclic) bond motifs is 1. The number of nitrogens with zero attached hydrogens (tertiary/aromatic N) is 3. The SMILES string of the molecule is Cc1ccc(Sc2ccc3n[nH]c(=O)n3n2)c(C)c1. The third kappa shape index (κ3) is 2.26. The molecule has 0 saturated carbocycles. The molecule has 96 valence electrons. The number of hydrogen-bond acceptors (Lipinski definition) is 4. The van der Waals surface area contributed by atoms with Crippen LogP contribution in [-0.2, 0) is 0 Å². The van der Waals surface area contributed by atoms with Gasteiger partial charge in [-0.1, -0.05) is 29.5 Å². The summed E-state index contributed by atoms with van der Waals surface area (Å²) in [5.41, 5.74) is 2.64. The van der Waals surface area contributed by atoms with Crippen molar-refractivity contribution < 1.29 is 0 Å². The molecule has 0 spiro atoms. The molecule has 1 aromatic carbocycles. The Morgan fingerprint density at radius 3 is 2.84 bits per heavy atom. The monoisotopic (exact) mass is 272 g/mol. The Hall–Kier alpha value is -2.08. The van der Waals surface area contributed by atoms with E-state index in [9.17, 15) is 4.79 Å². The summed E-state index contributed by atoms with van der Waals surface area (Å²) in [6, 6.07) is 9.90. The lowest BCUT2D eigenvalue weighted by molar-refractivity contribution is 0.820. The average Bonchev–Trinajstić information content (AvgIpc) is 2.75. The Morgan fingerprint density at radius 1 is 1.21 bits per heavy atom. The van der Waals surface area contributed by atoms with Crippen molar-refractivity contribution in [3.05, 3.63) is 51.9 Å². The molecule has 0 aliphatic carbocycles. The van der Waals surface area contributed by atoms with Crippen LogP contribution in [-0.4, -0.2) is 19.8 Å². The number of aromatic amines is 1. The van der Waals surface area contributed by atoms with E-state index in [1.165, 1.54) is 27.4 Å². The first-order valence-corrected chi connectivity index (χ1v) is 6.65. The first-order valence-electron chi connectivity index (χ1n) is 5.83. The van der Waals surface area contributed by atoms with Crippen LogP contribution in [0, 0.1) is 13.8 Å². The lowest BCUT2D eigenvalue weighted by atomic mass is 10.2. The lowest BCUT2D eigenvalue weighted by Gasteiger charge is -2.05. The van der Waals surface area contributed by atoms with Crippen molar-refractivity contribution in [2.24, 2.45) is 0 Å². The van der Waals surface area contributed by atoms with Crippen molar-refractivity contribution in [1.82, 2.24) is 19.8 Å². The van der Waals surface area contributed by atoms with Gasteiger partial charge in [0.2, 0.25) is 0 Å². The molecule has 0 fully saturated rings. The van der Waals surface area contributed by atoms with Crippen LogP contribution in [0.5, 0.6) is 0 Å². The maximum Gasteiger partial charge on any atom is 0.364 e. The summed E-state index contributed by atoms with van der Waals surface area (Å²) in [7, 11) is 0. The van der Waals surface area contributed by atoms with Gasteiger partial charge in [0.1, 0.15) is 5.03 Å². The van der Waals surface area contributed by atoms with Crippen molar-refractivity contribution in [2.75, 3.05) is 0 Å². The highest BCUT2D eigenvalue weighted by Gasteiger charge is 2.06. The zero-order valence-electron chi connectivity index (χ0n) is 10.5. The van der Waals surface area contributed by atoms with Gasteiger partial charge in [-0.15, -0.1) is 0 Å². The fraction of sp³-hybridized carbons (Fsp3) is 0.154. The van der Waals surface area contributed by atoms with Gasteiger partial charge in [-0.25, -0.2) is 9.89 Å². The predicted molar refractivity (Wildman–Crippen MR) is 73.6 cm³/mol. The van der Waals surface area contributed by atoms with Crippen LogP contribution in [0.1, 0.15) is 11.1 Å². The number of H-pyrrole nitrogens is 1. The molecule has 3 aromatic rings. The van der Waals surface area contributed by atoms with E-state index in [2.05, 4.69) is 47.3 Å². The molecular weight excluding hydrogens is 260 g/mol. The van der Waals surface area contributed by atoms with E-state index in [0.29, 0.717) is 5.65 Å². The second kappa shape index (κ2) is 4.55. The third-order valence-corrected chi connectivity index (χ3v) is 3.90. The van der Waals surface area contributed by atoms with Crippen LogP contribution in [0.2, 0.25) is 0 Å². The molecule has 19 heavy (non-hydrogen) atoms. The Morgan fingerprint density at radius 2 is 2.05 bits per heavy atom. The first kappa shape index (κ1) is 12.0. The lowest BCUT2D eigenvalue weighted by Crippen LogP contribution is -2.12. The zero-order chi connectivity index (χ0) is 13.4. The number of nitrogens with one attached hydrogen (secondary N) is 1. The van der Waals surface area contributed by atoms with E-state index < -0.39 is 0 Å². The molecule has 0 unspecified atom stereocenters. The van der Waals surface area contributed by atoms with Crippen molar-refractivity contribution >= 4 is 17.4 Å². The van der Waals surface area contributed by atoms with Crippen LogP contribution < -0.4 is 5.69 Å². The molecule has 0 atom stereocenters. The Balaban J connectivity index is 2.00. The average molecular weight is 272 g/mol. The maximum absolute atomic E-state index is 11.5. The van der Waals surface area contributed by atoms with Gasteiger partial charge in [0.25, 0.3) is 0 Å². The van der Waals surface area contributed by atoms with Crippen LogP contribution in [0.3, 0.4) is 0 Å². The maximum atomic E-state index is 11.5. The summed E-state index contributed by atoms with van der Waals surface area (Å²) < 4.78 is 1.27. The van der Waals surface area contributed by atoms with Crippen molar-refractivity contribution in [2.45, 2.75) is 23.8 Å². The minimum Gasteiger partial charge on any atom is -0.244 e. The van der Waals surface area contributed by atoms with Gasteiger partial charge in [-0.2, -0.15) is 14.7 Å². The molecule has 0 amide bonds. The van der Waals surface area contributed by atoms with E-state index in [0.717, 1.165) is 9.92 Å². The second-order valence-electron chi connectivity index (χ2n) is 4.34. The van der Waals surface area contributed by atoms with E-state index in [1.807, 2.05) is 6.07 Å². The molecule has 0 bridgehead atoms. The van der Waals surface area contributed by atoms with E-state index in [1.54, 1.807) is 6.07 Å². The second-order valence-corrected chi connectivity index (χ2v) is 5.40. The van der Waals surface area contributed by atoms with Crippen molar-refractivity contribution in [1.29, 1.82) is 0 Å². The summed E-state index contributed by atoms with van der Waals surface area (Å²) >= 11 is 1.54. The number of rotatable bonds is 2. The quantitative estimate of drug-likeness (QED) is 0.776. The standard InChI is InChI=1S/C13H12N4OS/c1-8-3-4-10(9(2)7-8)19-12-6-5-11-14-15-13(18)17(11)16-12/h3-7H,1-2H3,(H,15,18). The molecule has 0 saturated heterocycles. The van der Waals surface area contributed by atoms with Crippen LogP contribution in [0.15, 0.2) is 45.0 Å². The number of aryl methyl sites for hydroxylation is 2. The summed E-state index contributed by atoms with van der Waals surface area (Å²) in [5, 5.41) is 11.3. The summed E-state index contributed by atoms with van der Waals surface area (Å²) in [6.07, 6.45) is 0. The van der Waals surface area contributed by atoms with Gasteiger partial charge < -0.3 is 0 Å². The molecule has 0 aliphatic rings. The molecular formula is C13H12N4OS. The minimum absolute atomic E-state index is 0.321. The smallest absolute Gasteiger partial charge is 0.244 e. The number of hydrogen-bond donors (Lipinski definition) is 1. The molecule has 3 rings (SSSR count). The van der Waals surface area contributed by atoms with Gasteiger partial charge in [0.05, 0.1) is 0 Å². The summed E-state index contributed by atoms with van der Waals surface area (Å²) in [6.45, 7) is 4.13. The molecule has 0 aliphatic heterocycles. The molecule has 1 N–H and O–H groups in total. The Kier molecular flexibility index (Phi) is 2.87. The Labute approximate surface area is 113 Å². The van der Waals surface area contributed by atoms with Crippen LogP contribution in [0.25, 0.3) is 5.65 Å². The zero-order valence-corrected chi connectivity index (χ0v) is 11.4. The van der Waals surface area contributed by atoms with Gasteiger partial charge in [-0.05, 0) is 37.6 Å².